The lowest BCUT2D eigenvalue weighted by molar-refractivity contribution is 0.0962. The van der Waals surface area contributed by atoms with E-state index in [4.69, 9.17) is 0 Å². The Morgan fingerprint density at radius 1 is 1.19 bits per heavy atom. The third-order valence-electron chi connectivity index (χ3n) is 2.85. The number of hydrogen-bond acceptors (Lipinski definition) is 7. The summed E-state index contributed by atoms with van der Waals surface area (Å²) in [4.78, 5) is 16.1. The minimum absolute atomic E-state index is 0.243. The van der Waals surface area contributed by atoms with Crippen molar-refractivity contribution in [1.82, 2.24) is 35.7 Å². The number of aryl methyl sites for hydroxylation is 2. The van der Waals surface area contributed by atoms with Gasteiger partial charge in [-0.25, -0.2) is 0 Å². The normalized spacial score (nSPS) is 10.6. The predicted octanol–water partition coefficient (Wildman–Crippen LogP) is 0.288. The summed E-state index contributed by atoms with van der Waals surface area (Å²) >= 11 is 0. The van der Waals surface area contributed by atoms with Crippen molar-refractivity contribution < 1.29 is 4.79 Å². The molecule has 3 aromatic rings. The second-order valence-corrected chi connectivity index (χ2v) is 4.46. The molecular formula is C12H12N8O. The van der Waals surface area contributed by atoms with Gasteiger partial charge in [-0.15, -0.1) is 5.10 Å². The maximum Gasteiger partial charge on any atom is 0.293 e. The Labute approximate surface area is 119 Å². The van der Waals surface area contributed by atoms with E-state index in [1.54, 1.807) is 19.1 Å². The number of rotatable bonds is 3. The highest BCUT2D eigenvalue weighted by Crippen LogP contribution is 2.07. The summed E-state index contributed by atoms with van der Waals surface area (Å²) in [5.41, 5.74) is 7.48. The zero-order valence-electron chi connectivity index (χ0n) is 11.4. The van der Waals surface area contributed by atoms with Gasteiger partial charge in [-0.3, -0.25) is 15.6 Å². The van der Waals surface area contributed by atoms with Crippen molar-refractivity contribution in [3.8, 4) is 0 Å². The molecule has 0 saturated heterocycles. The molecule has 2 aromatic heterocycles. The van der Waals surface area contributed by atoms with Gasteiger partial charge < -0.3 is 0 Å². The third kappa shape index (κ3) is 2.61. The van der Waals surface area contributed by atoms with Crippen molar-refractivity contribution in [2.45, 2.75) is 13.8 Å². The van der Waals surface area contributed by atoms with Gasteiger partial charge in [-0.2, -0.15) is 4.98 Å². The fourth-order valence-electron chi connectivity index (χ4n) is 1.69. The molecule has 0 aliphatic heterocycles. The molecule has 0 spiro atoms. The Kier molecular flexibility index (Phi) is 3.14. The Bertz CT molecular complexity index is 795. The van der Waals surface area contributed by atoms with E-state index in [9.17, 15) is 4.79 Å². The first-order valence-electron chi connectivity index (χ1n) is 6.19. The molecule has 0 atom stereocenters. The van der Waals surface area contributed by atoms with Gasteiger partial charge in [0.15, 0.2) is 5.82 Å². The molecule has 2 heterocycles. The SMILES string of the molecule is Cc1ccc(C(=O)NNc2nc3nnnn3nc2C)cc1. The van der Waals surface area contributed by atoms with Gasteiger partial charge in [0.1, 0.15) is 5.69 Å². The number of hydrazine groups is 1. The van der Waals surface area contributed by atoms with Crippen molar-refractivity contribution in [3.05, 3.63) is 41.1 Å². The Hall–Kier alpha value is -3.10. The number of carbonyl (C=O) groups is 1. The van der Waals surface area contributed by atoms with Crippen molar-refractivity contribution in [1.29, 1.82) is 0 Å². The summed E-state index contributed by atoms with van der Waals surface area (Å²) in [6.45, 7) is 3.69. The average Bonchev–Trinajstić information content (AvgIpc) is 2.92. The van der Waals surface area contributed by atoms with Crippen LogP contribution in [-0.2, 0) is 0 Å². The number of nitrogens with zero attached hydrogens (tertiary/aromatic N) is 6. The van der Waals surface area contributed by atoms with Crippen LogP contribution in [0.3, 0.4) is 0 Å². The van der Waals surface area contributed by atoms with Crippen LogP contribution in [0.25, 0.3) is 5.78 Å². The maximum absolute atomic E-state index is 12.0. The Morgan fingerprint density at radius 3 is 2.71 bits per heavy atom. The highest BCUT2D eigenvalue weighted by Gasteiger charge is 2.09. The first-order chi connectivity index (χ1) is 10.1. The monoisotopic (exact) mass is 284 g/mol. The molecule has 3 rings (SSSR count). The van der Waals surface area contributed by atoms with Crippen LogP contribution >= 0.6 is 0 Å². The van der Waals surface area contributed by atoms with E-state index >= 15 is 0 Å². The van der Waals surface area contributed by atoms with Crippen LogP contribution in [-0.4, -0.2) is 36.1 Å². The van der Waals surface area contributed by atoms with Crippen LogP contribution < -0.4 is 10.9 Å². The molecule has 21 heavy (non-hydrogen) atoms. The van der Waals surface area contributed by atoms with Crippen molar-refractivity contribution >= 4 is 17.5 Å². The van der Waals surface area contributed by atoms with Gasteiger partial charge in [0.05, 0.1) is 0 Å². The predicted molar refractivity (Wildman–Crippen MR) is 73.4 cm³/mol. The minimum atomic E-state index is -0.268. The van der Waals surface area contributed by atoms with Gasteiger partial charge in [0, 0.05) is 5.56 Å². The molecule has 0 saturated carbocycles. The van der Waals surface area contributed by atoms with E-state index in [0.29, 0.717) is 17.1 Å². The van der Waals surface area contributed by atoms with Crippen LogP contribution in [0, 0.1) is 13.8 Å². The molecule has 9 heteroatoms. The molecule has 0 unspecified atom stereocenters. The lowest BCUT2D eigenvalue weighted by atomic mass is 10.1. The molecule has 0 aliphatic rings. The van der Waals surface area contributed by atoms with Crippen LogP contribution in [0.15, 0.2) is 24.3 Å². The van der Waals surface area contributed by atoms with E-state index in [2.05, 4.69) is 36.5 Å². The smallest absolute Gasteiger partial charge is 0.280 e. The highest BCUT2D eigenvalue weighted by molar-refractivity contribution is 5.94. The second kappa shape index (κ2) is 5.12. The molecule has 0 aliphatic carbocycles. The summed E-state index contributed by atoms with van der Waals surface area (Å²) < 4.78 is 1.21. The number of amides is 1. The minimum Gasteiger partial charge on any atom is -0.280 e. The van der Waals surface area contributed by atoms with Crippen molar-refractivity contribution in [2.75, 3.05) is 5.43 Å². The second-order valence-electron chi connectivity index (χ2n) is 4.46. The summed E-state index contributed by atoms with van der Waals surface area (Å²) in [6.07, 6.45) is 0. The molecule has 2 N–H and O–H groups in total. The number of anilines is 1. The summed E-state index contributed by atoms with van der Waals surface area (Å²) in [7, 11) is 0. The molecule has 0 fully saturated rings. The van der Waals surface area contributed by atoms with E-state index in [0.717, 1.165) is 5.56 Å². The quantitative estimate of drug-likeness (QED) is 0.665. The van der Waals surface area contributed by atoms with Crippen LogP contribution in [0.5, 0.6) is 0 Å². The molecule has 1 amide bonds. The largest absolute Gasteiger partial charge is 0.293 e. The molecule has 106 valence electrons. The van der Waals surface area contributed by atoms with E-state index in [-0.39, 0.29) is 11.7 Å². The average molecular weight is 284 g/mol. The lowest BCUT2D eigenvalue weighted by Gasteiger charge is -2.09. The Morgan fingerprint density at radius 2 is 1.95 bits per heavy atom. The number of hydrogen-bond donors (Lipinski definition) is 2. The highest BCUT2D eigenvalue weighted by atomic mass is 16.2. The maximum atomic E-state index is 12.0. The molecular weight excluding hydrogens is 272 g/mol. The first kappa shape index (κ1) is 12.9. The van der Waals surface area contributed by atoms with Gasteiger partial charge in [-0.1, -0.05) is 27.4 Å². The summed E-state index contributed by atoms with van der Waals surface area (Å²) in [5, 5.41) is 14.9. The number of carbonyl (C=O) groups excluding carboxylic acids is 1. The number of tetrazole rings is 1. The van der Waals surface area contributed by atoms with Gasteiger partial charge in [-0.05, 0) is 36.4 Å². The number of aromatic nitrogens is 6. The molecule has 1 aromatic carbocycles. The van der Waals surface area contributed by atoms with Gasteiger partial charge in [0.2, 0.25) is 0 Å². The zero-order chi connectivity index (χ0) is 14.8. The summed E-state index contributed by atoms with van der Waals surface area (Å²) in [6, 6.07) is 7.23. The first-order valence-corrected chi connectivity index (χ1v) is 6.19. The lowest BCUT2D eigenvalue weighted by Crippen LogP contribution is -2.30. The van der Waals surface area contributed by atoms with E-state index in [1.807, 2.05) is 19.1 Å². The third-order valence-corrected chi connectivity index (χ3v) is 2.85. The van der Waals surface area contributed by atoms with Gasteiger partial charge >= 0.3 is 0 Å². The fraction of sp³-hybridized carbons (Fsp3) is 0.167. The van der Waals surface area contributed by atoms with Crippen LogP contribution in [0.1, 0.15) is 21.6 Å². The molecule has 0 bridgehead atoms. The standard InChI is InChI=1S/C12H12N8O/c1-7-3-5-9(6-4-7)11(21)15-14-10-8(2)17-20-12(13-10)16-18-19-20/h3-6H,1-2H3,(H,15,21)(H,13,14,16,19). The number of benzene rings is 1. The molecule has 0 radical (unpaired) electrons. The summed E-state index contributed by atoms with van der Waals surface area (Å²) in [5.74, 6) is 0.362. The van der Waals surface area contributed by atoms with Crippen molar-refractivity contribution in [3.63, 3.8) is 0 Å². The van der Waals surface area contributed by atoms with Gasteiger partial charge in [0.25, 0.3) is 11.7 Å². The van der Waals surface area contributed by atoms with Crippen molar-refractivity contribution in [2.24, 2.45) is 0 Å². The molecule has 9 nitrogen and oxygen atoms in total. The topological polar surface area (TPSA) is 110 Å². The van der Waals surface area contributed by atoms with E-state index < -0.39 is 0 Å². The number of nitrogens with one attached hydrogen (secondary N) is 2. The van der Waals surface area contributed by atoms with Crippen LogP contribution in [0.4, 0.5) is 5.82 Å². The number of fused-ring (bicyclic) bond motifs is 1. The zero-order valence-corrected chi connectivity index (χ0v) is 11.4. The van der Waals surface area contributed by atoms with E-state index in [1.165, 1.54) is 4.63 Å². The van der Waals surface area contributed by atoms with Crippen LogP contribution in [0.2, 0.25) is 0 Å². The fourth-order valence-corrected chi connectivity index (χ4v) is 1.69. The Balaban J connectivity index is 1.75.